The second-order valence-corrected chi connectivity index (χ2v) is 8.00. The summed E-state index contributed by atoms with van der Waals surface area (Å²) in [5.74, 6) is -3.34. The molecule has 12 heteroatoms. The maximum absolute atomic E-state index is 12.9. The van der Waals surface area contributed by atoms with Gasteiger partial charge < -0.3 is 10.6 Å². The molecular weight excluding hydrogens is 514 g/mol. The summed E-state index contributed by atoms with van der Waals surface area (Å²) in [4.78, 5) is 24.9. The molecule has 2 unspecified atom stereocenters. The van der Waals surface area contributed by atoms with Gasteiger partial charge in [0.25, 0.3) is 12.3 Å². The molecule has 0 radical (unpaired) electrons. The van der Waals surface area contributed by atoms with E-state index in [4.69, 9.17) is 34.8 Å². The fraction of sp³-hybridized carbons (Fsp3) is 0.333. The van der Waals surface area contributed by atoms with Crippen molar-refractivity contribution in [3.8, 4) is 0 Å². The number of alkyl halides is 7. The first-order chi connectivity index (χ1) is 15.5. The van der Waals surface area contributed by atoms with E-state index in [0.717, 1.165) is 6.07 Å². The van der Waals surface area contributed by atoms with Crippen LogP contribution in [0.3, 0.4) is 0 Å². The molecule has 2 atom stereocenters. The molecule has 0 aliphatic heterocycles. The average molecular weight is 532 g/mol. The van der Waals surface area contributed by atoms with E-state index in [1.54, 1.807) is 5.32 Å². The van der Waals surface area contributed by atoms with Gasteiger partial charge in [0, 0.05) is 28.9 Å². The summed E-state index contributed by atoms with van der Waals surface area (Å²) in [6.45, 7) is -1.55. The molecule has 4 nitrogen and oxygen atoms in total. The van der Waals surface area contributed by atoms with E-state index in [0.29, 0.717) is 5.56 Å². The molecule has 0 saturated carbocycles. The van der Waals surface area contributed by atoms with Crippen LogP contribution in [0.1, 0.15) is 33.8 Å². The van der Waals surface area contributed by atoms with Crippen molar-refractivity contribution in [2.24, 2.45) is 5.92 Å². The zero-order chi connectivity index (χ0) is 24.8. The second kappa shape index (κ2) is 11.9. The maximum atomic E-state index is 12.9. The van der Waals surface area contributed by atoms with Gasteiger partial charge in [-0.15, -0.1) is 23.2 Å². The first kappa shape index (κ1) is 27.1. The van der Waals surface area contributed by atoms with Gasteiger partial charge >= 0.3 is 6.18 Å². The summed E-state index contributed by atoms with van der Waals surface area (Å²) < 4.78 is 62.7. The molecule has 2 aromatic carbocycles. The Bertz CT molecular complexity index is 971. The molecule has 0 aliphatic rings. The maximum Gasteiger partial charge on any atom is 0.405 e. The van der Waals surface area contributed by atoms with Gasteiger partial charge in [-0.1, -0.05) is 35.9 Å². The number of anilines is 1. The summed E-state index contributed by atoms with van der Waals surface area (Å²) in [5, 5.41) is 4.13. The Morgan fingerprint density at radius 3 is 2.06 bits per heavy atom. The number of rotatable bonds is 9. The first-order valence-electron chi connectivity index (χ1n) is 9.42. The fourth-order valence-electron chi connectivity index (χ4n) is 2.97. The molecule has 180 valence electrons. The smallest absolute Gasteiger partial charge is 0.343 e. The van der Waals surface area contributed by atoms with Gasteiger partial charge in [-0.3, -0.25) is 9.59 Å². The van der Waals surface area contributed by atoms with Gasteiger partial charge in [-0.2, -0.15) is 13.2 Å². The average Bonchev–Trinajstić information content (AvgIpc) is 2.76. The molecule has 0 saturated heterocycles. The SMILES string of the molecule is O=C(NCC(F)(F)F)c1cc(NC(=O)C(CCl)C(CCl)c2ccc(C(F)F)cc2)ccc1Cl. The molecule has 0 bridgehead atoms. The number of halogens is 8. The van der Waals surface area contributed by atoms with Gasteiger partial charge in [0.05, 0.1) is 16.5 Å². The Labute approximate surface area is 201 Å². The third-order valence-corrected chi connectivity index (χ3v) is 5.69. The summed E-state index contributed by atoms with van der Waals surface area (Å²) in [6.07, 6.45) is -7.25. The first-order valence-corrected chi connectivity index (χ1v) is 10.9. The predicted octanol–water partition coefficient (Wildman–Crippen LogP) is 6.39. The Hall–Kier alpha value is -2.10. The lowest BCUT2D eigenvalue weighted by molar-refractivity contribution is -0.123. The molecule has 0 aliphatic carbocycles. The number of hydrogen-bond donors (Lipinski definition) is 2. The number of carbonyl (C=O) groups is 2. The van der Waals surface area contributed by atoms with Crippen LogP contribution in [0.2, 0.25) is 5.02 Å². The predicted molar refractivity (Wildman–Crippen MR) is 118 cm³/mol. The summed E-state index contributed by atoms with van der Waals surface area (Å²) in [6, 6.07) is 9.07. The van der Waals surface area contributed by atoms with E-state index in [1.165, 1.54) is 36.4 Å². The lowest BCUT2D eigenvalue weighted by atomic mass is 9.87. The van der Waals surface area contributed by atoms with Gasteiger partial charge in [0.1, 0.15) is 6.54 Å². The Kier molecular flexibility index (Phi) is 9.75. The van der Waals surface area contributed by atoms with E-state index < -0.39 is 42.8 Å². The minimum atomic E-state index is -4.61. The van der Waals surface area contributed by atoms with E-state index >= 15 is 0 Å². The third-order valence-electron chi connectivity index (χ3n) is 4.70. The molecule has 2 aromatic rings. The summed E-state index contributed by atoms with van der Waals surface area (Å²) in [7, 11) is 0. The van der Waals surface area contributed by atoms with Gasteiger partial charge in [0.15, 0.2) is 0 Å². The zero-order valence-corrected chi connectivity index (χ0v) is 19.0. The highest BCUT2D eigenvalue weighted by Gasteiger charge is 2.30. The zero-order valence-electron chi connectivity index (χ0n) is 16.7. The Morgan fingerprint density at radius 1 is 0.939 bits per heavy atom. The highest BCUT2D eigenvalue weighted by molar-refractivity contribution is 6.34. The van der Waals surface area contributed by atoms with Crippen LogP contribution in [0.5, 0.6) is 0 Å². The van der Waals surface area contributed by atoms with Gasteiger partial charge in [-0.05, 0) is 23.8 Å². The lowest BCUT2D eigenvalue weighted by Crippen LogP contribution is -2.34. The normalized spacial score (nSPS) is 13.5. The van der Waals surface area contributed by atoms with Crippen LogP contribution >= 0.6 is 34.8 Å². The van der Waals surface area contributed by atoms with Crippen molar-refractivity contribution < 1.29 is 31.5 Å². The van der Waals surface area contributed by atoms with E-state index in [2.05, 4.69) is 5.32 Å². The molecule has 0 spiro atoms. The van der Waals surface area contributed by atoms with Crippen molar-refractivity contribution in [2.45, 2.75) is 18.5 Å². The van der Waals surface area contributed by atoms with E-state index in [-0.39, 0.29) is 33.6 Å². The summed E-state index contributed by atoms with van der Waals surface area (Å²) >= 11 is 17.9. The topological polar surface area (TPSA) is 58.2 Å². The van der Waals surface area contributed by atoms with Crippen molar-refractivity contribution in [3.63, 3.8) is 0 Å². The van der Waals surface area contributed by atoms with Crippen molar-refractivity contribution in [1.29, 1.82) is 0 Å². The van der Waals surface area contributed by atoms with Crippen LogP contribution in [-0.2, 0) is 4.79 Å². The van der Waals surface area contributed by atoms with Crippen LogP contribution in [0.15, 0.2) is 42.5 Å². The van der Waals surface area contributed by atoms with Crippen molar-refractivity contribution in [1.82, 2.24) is 5.32 Å². The number of benzene rings is 2. The van der Waals surface area contributed by atoms with Crippen LogP contribution < -0.4 is 10.6 Å². The quantitative estimate of drug-likeness (QED) is 0.291. The number of amides is 2. The minimum absolute atomic E-state index is 0.0372. The second-order valence-electron chi connectivity index (χ2n) is 6.97. The van der Waals surface area contributed by atoms with Crippen LogP contribution in [0.4, 0.5) is 27.6 Å². The van der Waals surface area contributed by atoms with Crippen molar-refractivity contribution in [2.75, 3.05) is 23.6 Å². The monoisotopic (exact) mass is 530 g/mol. The highest BCUT2D eigenvalue weighted by atomic mass is 35.5. The lowest BCUT2D eigenvalue weighted by Gasteiger charge is -2.24. The number of carbonyl (C=O) groups excluding carboxylic acids is 2. The Balaban J connectivity index is 2.19. The van der Waals surface area contributed by atoms with Crippen LogP contribution in [0.25, 0.3) is 0 Å². The van der Waals surface area contributed by atoms with Crippen molar-refractivity contribution in [3.05, 3.63) is 64.2 Å². The fourth-order valence-corrected chi connectivity index (χ4v) is 3.92. The minimum Gasteiger partial charge on any atom is -0.343 e. The molecule has 0 heterocycles. The molecule has 0 fully saturated rings. The molecule has 2 amide bonds. The largest absolute Gasteiger partial charge is 0.405 e. The van der Waals surface area contributed by atoms with Gasteiger partial charge in [0.2, 0.25) is 5.91 Å². The number of nitrogens with one attached hydrogen (secondary N) is 2. The number of hydrogen-bond acceptors (Lipinski definition) is 2. The molecular formula is C21H18Cl3F5N2O2. The van der Waals surface area contributed by atoms with Gasteiger partial charge in [-0.25, -0.2) is 8.78 Å². The van der Waals surface area contributed by atoms with E-state index in [9.17, 15) is 31.5 Å². The standard InChI is InChI=1S/C21H18Cl3F5N2O2/c22-8-15(11-1-3-12(4-2-11)18(25)26)16(9-23)20(33)31-13-5-6-17(24)14(7-13)19(32)30-10-21(27,28)29/h1-7,15-16,18H,8-10H2,(H,30,32)(H,31,33). The van der Waals surface area contributed by atoms with Crippen LogP contribution in [-0.4, -0.2) is 36.3 Å². The highest BCUT2D eigenvalue weighted by Crippen LogP contribution is 2.31. The Morgan fingerprint density at radius 2 is 1.55 bits per heavy atom. The van der Waals surface area contributed by atoms with E-state index in [1.807, 2.05) is 0 Å². The molecule has 0 aromatic heterocycles. The molecule has 2 N–H and O–H groups in total. The third kappa shape index (κ3) is 7.72. The molecule has 2 rings (SSSR count). The molecule has 33 heavy (non-hydrogen) atoms. The van der Waals surface area contributed by atoms with Crippen LogP contribution in [0, 0.1) is 5.92 Å². The van der Waals surface area contributed by atoms with Crippen molar-refractivity contribution >= 4 is 52.3 Å². The summed E-state index contributed by atoms with van der Waals surface area (Å²) in [5.41, 5.74) is 0.172.